The monoisotopic (exact) mass is 292 g/mol. The van der Waals surface area contributed by atoms with Crippen LogP contribution in [0.2, 0.25) is 0 Å². The van der Waals surface area contributed by atoms with E-state index in [2.05, 4.69) is 26.0 Å². The van der Waals surface area contributed by atoms with Gasteiger partial charge in [0.25, 0.3) is 0 Å². The smallest absolute Gasteiger partial charge is 0.0575 e. The quantitative estimate of drug-likeness (QED) is 0.405. The Labute approximate surface area is 132 Å². The number of hydrogen-bond donors (Lipinski definition) is 0. The number of ether oxygens (including phenoxy) is 1. The Hall–Kier alpha value is -0.300. The number of allylic oxidation sites excluding steroid dienone is 2. The van der Waals surface area contributed by atoms with Crippen molar-refractivity contribution in [2.75, 3.05) is 6.61 Å². The van der Waals surface area contributed by atoms with E-state index in [4.69, 9.17) is 4.74 Å². The third kappa shape index (κ3) is 5.77. The molecule has 1 nitrogen and oxygen atoms in total. The van der Waals surface area contributed by atoms with E-state index in [1.54, 1.807) is 0 Å². The van der Waals surface area contributed by atoms with Gasteiger partial charge in [0, 0.05) is 6.61 Å². The van der Waals surface area contributed by atoms with Crippen molar-refractivity contribution < 1.29 is 4.74 Å². The van der Waals surface area contributed by atoms with E-state index in [1.807, 2.05) is 0 Å². The lowest BCUT2D eigenvalue weighted by molar-refractivity contribution is 0.00645. The molecule has 0 aliphatic heterocycles. The first-order valence-electron chi connectivity index (χ1n) is 9.61. The van der Waals surface area contributed by atoms with E-state index >= 15 is 0 Å². The van der Waals surface area contributed by atoms with Crippen LogP contribution in [0.25, 0.3) is 0 Å². The van der Waals surface area contributed by atoms with Gasteiger partial charge in [-0.2, -0.15) is 0 Å². The van der Waals surface area contributed by atoms with Gasteiger partial charge >= 0.3 is 0 Å². The molecule has 1 heteroatoms. The summed E-state index contributed by atoms with van der Waals surface area (Å²) in [5, 5.41) is 0. The van der Waals surface area contributed by atoms with Crippen LogP contribution >= 0.6 is 0 Å². The van der Waals surface area contributed by atoms with Crippen molar-refractivity contribution in [3.8, 4) is 0 Å². The zero-order valence-corrected chi connectivity index (χ0v) is 14.4. The van der Waals surface area contributed by atoms with Gasteiger partial charge in [0.05, 0.1) is 6.10 Å². The first-order valence-corrected chi connectivity index (χ1v) is 9.61. The second-order valence-electron chi connectivity index (χ2n) is 7.27. The van der Waals surface area contributed by atoms with E-state index in [0.717, 1.165) is 24.4 Å². The molecule has 0 aromatic carbocycles. The molecule has 2 aliphatic rings. The first-order chi connectivity index (χ1) is 10.3. The van der Waals surface area contributed by atoms with Crippen molar-refractivity contribution in [1.29, 1.82) is 0 Å². The normalized spacial score (nSPS) is 34.4. The molecule has 2 rings (SSSR count). The van der Waals surface area contributed by atoms with Gasteiger partial charge < -0.3 is 4.74 Å². The lowest BCUT2D eigenvalue weighted by Crippen LogP contribution is -2.28. The van der Waals surface area contributed by atoms with E-state index in [0.29, 0.717) is 6.10 Å². The summed E-state index contributed by atoms with van der Waals surface area (Å²) in [6.45, 7) is 5.47. The maximum Gasteiger partial charge on any atom is 0.0575 e. The Balaban J connectivity index is 1.63. The third-order valence-corrected chi connectivity index (χ3v) is 5.70. The molecule has 0 aromatic heterocycles. The fourth-order valence-corrected chi connectivity index (χ4v) is 4.26. The average molecular weight is 293 g/mol. The molecule has 0 unspecified atom stereocenters. The Bertz CT molecular complexity index is 280. The summed E-state index contributed by atoms with van der Waals surface area (Å²) < 4.78 is 6.01. The van der Waals surface area contributed by atoms with E-state index in [1.165, 1.54) is 70.6 Å². The van der Waals surface area contributed by atoms with Crippen LogP contribution in [0.5, 0.6) is 0 Å². The second kappa shape index (κ2) is 9.66. The zero-order valence-electron chi connectivity index (χ0n) is 14.4. The fourth-order valence-electron chi connectivity index (χ4n) is 4.26. The lowest BCUT2D eigenvalue weighted by Gasteiger charge is -2.37. The standard InChI is InChI=1S/C20H36O/c1-3-5-7-17-8-10-18(11-9-17)19-12-14-20(15-13-19)21-16-6-4-2/h5,7,17-20H,3-4,6,8-16H2,1-2H3/t17-,18-,19-,20-. The van der Waals surface area contributed by atoms with Crippen LogP contribution in [0.1, 0.15) is 84.5 Å². The van der Waals surface area contributed by atoms with Crippen LogP contribution in [0, 0.1) is 17.8 Å². The summed E-state index contributed by atoms with van der Waals surface area (Å²) >= 11 is 0. The van der Waals surface area contributed by atoms with Crippen molar-refractivity contribution in [2.24, 2.45) is 17.8 Å². The average Bonchev–Trinajstić information content (AvgIpc) is 2.54. The molecule has 2 aliphatic carbocycles. The van der Waals surface area contributed by atoms with Crippen LogP contribution in [0.15, 0.2) is 12.2 Å². The van der Waals surface area contributed by atoms with Gasteiger partial charge in [-0.15, -0.1) is 0 Å². The van der Waals surface area contributed by atoms with E-state index in [-0.39, 0.29) is 0 Å². The molecule has 0 radical (unpaired) electrons. The van der Waals surface area contributed by atoms with Gasteiger partial charge in [-0.3, -0.25) is 0 Å². The fraction of sp³-hybridized carbons (Fsp3) is 0.900. The summed E-state index contributed by atoms with van der Waals surface area (Å²) in [6, 6.07) is 0. The summed E-state index contributed by atoms with van der Waals surface area (Å²) in [6.07, 6.45) is 20.4. The minimum atomic E-state index is 0.580. The molecular formula is C20H36O. The van der Waals surface area contributed by atoms with Gasteiger partial charge in [0.1, 0.15) is 0 Å². The zero-order chi connectivity index (χ0) is 14.9. The highest BCUT2D eigenvalue weighted by Crippen LogP contribution is 2.40. The molecule has 2 fully saturated rings. The van der Waals surface area contributed by atoms with E-state index in [9.17, 15) is 0 Å². The molecule has 0 spiro atoms. The largest absolute Gasteiger partial charge is 0.378 e. The van der Waals surface area contributed by atoms with E-state index < -0.39 is 0 Å². The molecule has 0 saturated heterocycles. The van der Waals surface area contributed by atoms with Gasteiger partial charge in [-0.25, -0.2) is 0 Å². The first kappa shape index (κ1) is 17.1. The minimum absolute atomic E-state index is 0.580. The highest BCUT2D eigenvalue weighted by Gasteiger charge is 2.30. The maximum atomic E-state index is 6.01. The number of rotatable bonds is 7. The molecule has 0 N–H and O–H groups in total. The topological polar surface area (TPSA) is 9.23 Å². The molecule has 2 saturated carbocycles. The molecule has 122 valence electrons. The van der Waals surface area contributed by atoms with Crippen LogP contribution in [0.4, 0.5) is 0 Å². The summed E-state index contributed by atoms with van der Waals surface area (Å²) in [4.78, 5) is 0. The molecule has 0 amide bonds. The highest BCUT2D eigenvalue weighted by molar-refractivity contribution is 4.92. The Morgan fingerprint density at radius 2 is 1.48 bits per heavy atom. The molecule has 0 atom stereocenters. The Kier molecular flexibility index (Phi) is 7.85. The summed E-state index contributed by atoms with van der Waals surface area (Å²) in [7, 11) is 0. The lowest BCUT2D eigenvalue weighted by atomic mass is 9.70. The molecule has 0 bridgehead atoms. The van der Waals surface area contributed by atoms with Crippen molar-refractivity contribution in [2.45, 2.75) is 90.6 Å². The third-order valence-electron chi connectivity index (χ3n) is 5.70. The van der Waals surface area contributed by atoms with Crippen molar-refractivity contribution >= 4 is 0 Å². The summed E-state index contributed by atoms with van der Waals surface area (Å²) in [5.74, 6) is 2.91. The van der Waals surface area contributed by atoms with Crippen LogP contribution in [0.3, 0.4) is 0 Å². The predicted molar refractivity (Wildman–Crippen MR) is 91.5 cm³/mol. The molecule has 0 heterocycles. The molecule has 21 heavy (non-hydrogen) atoms. The van der Waals surface area contributed by atoms with Crippen molar-refractivity contribution in [3.05, 3.63) is 12.2 Å². The second-order valence-corrected chi connectivity index (χ2v) is 7.27. The Morgan fingerprint density at radius 1 is 0.857 bits per heavy atom. The minimum Gasteiger partial charge on any atom is -0.378 e. The van der Waals surface area contributed by atoms with Crippen LogP contribution in [-0.4, -0.2) is 12.7 Å². The maximum absolute atomic E-state index is 6.01. The molecule has 0 aromatic rings. The SMILES string of the molecule is CCC=C[C@H]1CC[C@H]([C@H]2CC[C@H](OCCCC)CC2)CC1. The molecular weight excluding hydrogens is 256 g/mol. The number of hydrogen-bond acceptors (Lipinski definition) is 1. The predicted octanol–water partition coefficient (Wildman–Crippen LogP) is 6.13. The van der Waals surface area contributed by atoms with Gasteiger partial charge in [0.15, 0.2) is 0 Å². The van der Waals surface area contributed by atoms with Gasteiger partial charge in [0.2, 0.25) is 0 Å². The highest BCUT2D eigenvalue weighted by atomic mass is 16.5. The van der Waals surface area contributed by atoms with Crippen LogP contribution in [-0.2, 0) is 4.74 Å². The summed E-state index contributed by atoms with van der Waals surface area (Å²) in [5.41, 5.74) is 0. The van der Waals surface area contributed by atoms with Gasteiger partial charge in [-0.05, 0) is 82.0 Å². The van der Waals surface area contributed by atoms with Gasteiger partial charge in [-0.1, -0.05) is 32.4 Å². The van der Waals surface area contributed by atoms with Crippen molar-refractivity contribution in [1.82, 2.24) is 0 Å². The van der Waals surface area contributed by atoms with Crippen LogP contribution < -0.4 is 0 Å². The van der Waals surface area contributed by atoms with Crippen molar-refractivity contribution in [3.63, 3.8) is 0 Å². The Morgan fingerprint density at radius 3 is 2.05 bits per heavy atom. The number of unbranched alkanes of at least 4 members (excludes halogenated alkanes) is 1.